The standard InChI is InChI=1S/C17H32N2/c1-2-8-17(7-1)9-13-19(14-10-17)12-4-6-16-5-3-11-18-15-16/h16,18H,1-15H2. The minimum Gasteiger partial charge on any atom is -0.316 e. The second-order valence-electron chi connectivity index (χ2n) is 7.40. The molecular formula is C17H32N2. The van der Waals surface area contributed by atoms with Crippen LogP contribution in [0.1, 0.15) is 64.2 Å². The zero-order valence-electron chi connectivity index (χ0n) is 12.6. The zero-order chi connectivity index (χ0) is 13.0. The molecule has 110 valence electrons. The van der Waals surface area contributed by atoms with Crippen LogP contribution in [0.2, 0.25) is 0 Å². The van der Waals surface area contributed by atoms with Gasteiger partial charge in [-0.15, -0.1) is 0 Å². The van der Waals surface area contributed by atoms with Gasteiger partial charge in [0.05, 0.1) is 0 Å². The summed E-state index contributed by atoms with van der Waals surface area (Å²) in [5.74, 6) is 0.972. The summed E-state index contributed by atoms with van der Waals surface area (Å²) in [6.07, 6.45) is 14.8. The van der Waals surface area contributed by atoms with Crippen LogP contribution in [-0.4, -0.2) is 37.6 Å². The van der Waals surface area contributed by atoms with Crippen molar-refractivity contribution >= 4 is 0 Å². The molecule has 1 saturated carbocycles. The van der Waals surface area contributed by atoms with Crippen molar-refractivity contribution < 1.29 is 0 Å². The maximum atomic E-state index is 3.54. The first-order valence-electron chi connectivity index (χ1n) is 8.79. The fourth-order valence-corrected chi connectivity index (χ4v) is 4.65. The van der Waals surface area contributed by atoms with E-state index in [9.17, 15) is 0 Å². The van der Waals surface area contributed by atoms with E-state index in [1.54, 1.807) is 0 Å². The van der Waals surface area contributed by atoms with Crippen molar-refractivity contribution in [3.8, 4) is 0 Å². The van der Waals surface area contributed by atoms with Gasteiger partial charge in [0.15, 0.2) is 0 Å². The molecule has 1 unspecified atom stereocenters. The lowest BCUT2D eigenvalue weighted by molar-refractivity contribution is 0.106. The smallest absolute Gasteiger partial charge is 0.00134 e. The first-order valence-corrected chi connectivity index (χ1v) is 8.79. The molecule has 3 rings (SSSR count). The van der Waals surface area contributed by atoms with Gasteiger partial charge in [-0.2, -0.15) is 0 Å². The third-order valence-electron chi connectivity index (χ3n) is 6.07. The molecule has 0 aromatic heterocycles. The van der Waals surface area contributed by atoms with Gasteiger partial charge in [-0.05, 0) is 95.4 Å². The second kappa shape index (κ2) is 6.58. The Morgan fingerprint density at radius 3 is 2.47 bits per heavy atom. The van der Waals surface area contributed by atoms with Crippen LogP contribution in [-0.2, 0) is 0 Å². The minimum atomic E-state index is 0.795. The third kappa shape index (κ3) is 3.72. The molecular weight excluding hydrogens is 232 g/mol. The van der Waals surface area contributed by atoms with Gasteiger partial charge >= 0.3 is 0 Å². The van der Waals surface area contributed by atoms with E-state index in [1.165, 1.54) is 96.9 Å². The molecule has 0 bridgehead atoms. The predicted molar refractivity (Wildman–Crippen MR) is 81.4 cm³/mol. The van der Waals surface area contributed by atoms with Crippen molar-refractivity contribution in [2.24, 2.45) is 11.3 Å². The number of likely N-dealkylation sites (tertiary alicyclic amines) is 1. The Bertz CT molecular complexity index is 254. The SMILES string of the molecule is C1CNCC(CCCN2CCC3(CCCC3)CC2)C1. The van der Waals surface area contributed by atoms with Gasteiger partial charge in [0.1, 0.15) is 0 Å². The topological polar surface area (TPSA) is 15.3 Å². The highest BCUT2D eigenvalue weighted by Crippen LogP contribution is 2.46. The molecule has 3 aliphatic rings. The molecule has 1 atom stereocenters. The summed E-state index contributed by atoms with van der Waals surface area (Å²) in [5, 5.41) is 3.54. The van der Waals surface area contributed by atoms with Gasteiger partial charge in [0, 0.05) is 0 Å². The van der Waals surface area contributed by atoms with E-state index >= 15 is 0 Å². The molecule has 2 nitrogen and oxygen atoms in total. The van der Waals surface area contributed by atoms with Crippen LogP contribution in [0.25, 0.3) is 0 Å². The molecule has 0 radical (unpaired) electrons. The maximum Gasteiger partial charge on any atom is -0.00134 e. The van der Waals surface area contributed by atoms with E-state index < -0.39 is 0 Å². The third-order valence-corrected chi connectivity index (χ3v) is 6.07. The van der Waals surface area contributed by atoms with Gasteiger partial charge < -0.3 is 10.2 Å². The number of piperidine rings is 2. The maximum absolute atomic E-state index is 3.54. The molecule has 1 spiro atoms. The normalized spacial score (nSPS) is 31.9. The molecule has 0 amide bonds. The lowest BCUT2D eigenvalue weighted by Crippen LogP contribution is -2.39. The summed E-state index contributed by atoms with van der Waals surface area (Å²) in [5.41, 5.74) is 0.795. The minimum absolute atomic E-state index is 0.795. The number of hydrogen-bond acceptors (Lipinski definition) is 2. The van der Waals surface area contributed by atoms with E-state index in [0.717, 1.165) is 11.3 Å². The largest absolute Gasteiger partial charge is 0.316 e. The monoisotopic (exact) mass is 264 g/mol. The van der Waals surface area contributed by atoms with Crippen molar-refractivity contribution in [2.45, 2.75) is 64.2 Å². The summed E-state index contributed by atoms with van der Waals surface area (Å²) in [6, 6.07) is 0. The highest BCUT2D eigenvalue weighted by Gasteiger charge is 2.36. The van der Waals surface area contributed by atoms with Crippen LogP contribution in [0.5, 0.6) is 0 Å². The van der Waals surface area contributed by atoms with Gasteiger partial charge in [-0.25, -0.2) is 0 Å². The first-order chi connectivity index (χ1) is 9.36. The average Bonchev–Trinajstić information content (AvgIpc) is 2.91. The van der Waals surface area contributed by atoms with E-state index in [1.807, 2.05) is 0 Å². The highest BCUT2D eigenvalue weighted by molar-refractivity contribution is 4.89. The van der Waals surface area contributed by atoms with Gasteiger partial charge in [-0.3, -0.25) is 0 Å². The summed E-state index contributed by atoms with van der Waals surface area (Å²) in [7, 11) is 0. The molecule has 2 heteroatoms. The van der Waals surface area contributed by atoms with Crippen LogP contribution in [0.15, 0.2) is 0 Å². The highest BCUT2D eigenvalue weighted by atomic mass is 15.1. The Balaban J connectivity index is 1.31. The van der Waals surface area contributed by atoms with Crippen LogP contribution in [0.3, 0.4) is 0 Å². The molecule has 1 aliphatic carbocycles. The summed E-state index contributed by atoms with van der Waals surface area (Å²) < 4.78 is 0. The van der Waals surface area contributed by atoms with Crippen molar-refractivity contribution in [2.75, 3.05) is 32.7 Å². The van der Waals surface area contributed by atoms with Crippen LogP contribution in [0, 0.1) is 11.3 Å². The molecule has 3 fully saturated rings. The van der Waals surface area contributed by atoms with E-state index in [4.69, 9.17) is 0 Å². The summed E-state index contributed by atoms with van der Waals surface area (Å²) in [6.45, 7) is 6.69. The fraction of sp³-hybridized carbons (Fsp3) is 1.00. The van der Waals surface area contributed by atoms with Crippen LogP contribution < -0.4 is 5.32 Å². The van der Waals surface area contributed by atoms with Crippen molar-refractivity contribution in [1.29, 1.82) is 0 Å². The number of rotatable bonds is 4. The van der Waals surface area contributed by atoms with Crippen molar-refractivity contribution in [1.82, 2.24) is 10.2 Å². The molecule has 0 aromatic carbocycles. The van der Waals surface area contributed by atoms with Crippen molar-refractivity contribution in [3.63, 3.8) is 0 Å². The Kier molecular flexibility index (Phi) is 4.81. The van der Waals surface area contributed by atoms with Crippen molar-refractivity contribution in [3.05, 3.63) is 0 Å². The van der Waals surface area contributed by atoms with Crippen LogP contribution in [0.4, 0.5) is 0 Å². The van der Waals surface area contributed by atoms with E-state index in [-0.39, 0.29) is 0 Å². The fourth-order valence-electron chi connectivity index (χ4n) is 4.65. The Hall–Kier alpha value is -0.0800. The quantitative estimate of drug-likeness (QED) is 0.837. The Morgan fingerprint density at radius 2 is 1.79 bits per heavy atom. The van der Waals surface area contributed by atoms with E-state index in [0.29, 0.717) is 0 Å². The molecule has 19 heavy (non-hydrogen) atoms. The first kappa shape index (κ1) is 13.9. The van der Waals surface area contributed by atoms with E-state index in [2.05, 4.69) is 10.2 Å². The number of nitrogens with one attached hydrogen (secondary N) is 1. The van der Waals surface area contributed by atoms with Gasteiger partial charge in [0.2, 0.25) is 0 Å². The molecule has 0 aromatic rings. The molecule has 2 heterocycles. The summed E-state index contributed by atoms with van der Waals surface area (Å²) in [4.78, 5) is 2.75. The lowest BCUT2D eigenvalue weighted by atomic mass is 9.77. The van der Waals surface area contributed by atoms with Crippen LogP contribution >= 0.6 is 0 Å². The Morgan fingerprint density at radius 1 is 1.00 bits per heavy atom. The molecule has 2 aliphatic heterocycles. The lowest BCUT2D eigenvalue weighted by Gasteiger charge is -2.39. The number of nitrogens with zero attached hydrogens (tertiary/aromatic N) is 1. The zero-order valence-corrected chi connectivity index (χ0v) is 12.6. The summed E-state index contributed by atoms with van der Waals surface area (Å²) >= 11 is 0. The van der Waals surface area contributed by atoms with Gasteiger partial charge in [0.25, 0.3) is 0 Å². The molecule has 2 saturated heterocycles. The predicted octanol–water partition coefficient (Wildman–Crippen LogP) is 3.42. The number of hydrogen-bond donors (Lipinski definition) is 1. The van der Waals surface area contributed by atoms with Gasteiger partial charge in [-0.1, -0.05) is 12.8 Å². The average molecular weight is 264 g/mol. The second-order valence-corrected chi connectivity index (χ2v) is 7.40. The Labute approximate surface area is 119 Å². The molecule has 1 N–H and O–H groups in total.